The van der Waals surface area contributed by atoms with Crippen LogP contribution in [0.2, 0.25) is 0 Å². The Morgan fingerprint density at radius 3 is 2.63 bits per heavy atom. The third-order valence-corrected chi connectivity index (χ3v) is 3.96. The Kier molecular flexibility index (Phi) is 2.74. The highest BCUT2D eigenvalue weighted by Crippen LogP contribution is 2.39. The van der Waals surface area contributed by atoms with Crippen molar-refractivity contribution in [1.29, 1.82) is 0 Å². The molecule has 1 saturated heterocycles. The molecule has 0 saturated carbocycles. The highest BCUT2D eigenvalue weighted by atomic mass is 16.5. The SMILES string of the molecule is CC1(C)CC2=C(N3CCOCC3)C(=O)NC2=CC1=O. The topological polar surface area (TPSA) is 58.6 Å². The number of allylic oxidation sites excluding steroid dienone is 2. The van der Waals surface area contributed by atoms with E-state index in [1.165, 1.54) is 0 Å². The molecule has 0 unspecified atom stereocenters. The first-order valence-corrected chi connectivity index (χ1v) is 6.63. The number of amides is 1. The van der Waals surface area contributed by atoms with Gasteiger partial charge in [0.2, 0.25) is 0 Å². The Bertz CT molecular complexity index is 511. The van der Waals surface area contributed by atoms with Crippen LogP contribution < -0.4 is 5.32 Å². The lowest BCUT2D eigenvalue weighted by Crippen LogP contribution is -2.39. The quantitative estimate of drug-likeness (QED) is 0.751. The van der Waals surface area contributed by atoms with E-state index in [0.29, 0.717) is 25.3 Å². The maximum absolute atomic E-state index is 12.2. The minimum absolute atomic E-state index is 0.0785. The van der Waals surface area contributed by atoms with Crippen molar-refractivity contribution in [3.8, 4) is 0 Å². The Morgan fingerprint density at radius 2 is 1.95 bits per heavy atom. The number of nitrogens with zero attached hydrogens (tertiary/aromatic N) is 1. The number of rotatable bonds is 1. The van der Waals surface area contributed by atoms with E-state index in [9.17, 15) is 9.59 Å². The monoisotopic (exact) mass is 262 g/mol. The summed E-state index contributed by atoms with van der Waals surface area (Å²) in [5.74, 6) is -0.0107. The van der Waals surface area contributed by atoms with Gasteiger partial charge in [0.15, 0.2) is 5.78 Å². The fourth-order valence-electron chi connectivity index (χ4n) is 2.80. The molecule has 0 aromatic carbocycles. The van der Waals surface area contributed by atoms with Gasteiger partial charge in [-0.3, -0.25) is 9.59 Å². The predicted octanol–water partition coefficient (Wildman–Crippen LogP) is 0.585. The lowest BCUT2D eigenvalue weighted by Gasteiger charge is -2.31. The second-order valence-electron chi connectivity index (χ2n) is 5.86. The minimum Gasteiger partial charge on any atom is -0.378 e. The molecule has 0 atom stereocenters. The number of carbonyl (C=O) groups is 2. The number of hydrogen-bond donors (Lipinski definition) is 1. The first-order valence-electron chi connectivity index (χ1n) is 6.63. The van der Waals surface area contributed by atoms with Crippen molar-refractivity contribution in [2.45, 2.75) is 20.3 Å². The summed E-state index contributed by atoms with van der Waals surface area (Å²) in [5.41, 5.74) is 1.98. The van der Waals surface area contributed by atoms with Gasteiger partial charge in [-0.05, 0) is 6.42 Å². The standard InChI is InChI=1S/C14H18N2O3/c1-14(2)8-9-10(7-11(14)17)15-13(18)12(9)16-3-5-19-6-4-16/h7H,3-6,8H2,1-2H3,(H,15,18). The van der Waals surface area contributed by atoms with Crippen molar-refractivity contribution in [3.05, 3.63) is 23.0 Å². The number of ether oxygens (including phenoxy) is 1. The largest absolute Gasteiger partial charge is 0.378 e. The fourth-order valence-corrected chi connectivity index (χ4v) is 2.80. The van der Waals surface area contributed by atoms with Gasteiger partial charge in [-0.25, -0.2) is 0 Å². The lowest BCUT2D eigenvalue weighted by atomic mass is 9.76. The van der Waals surface area contributed by atoms with E-state index in [1.54, 1.807) is 6.08 Å². The van der Waals surface area contributed by atoms with E-state index in [1.807, 2.05) is 13.8 Å². The first kappa shape index (κ1) is 12.4. The van der Waals surface area contributed by atoms with E-state index in [2.05, 4.69) is 10.2 Å². The van der Waals surface area contributed by atoms with Gasteiger partial charge in [-0.15, -0.1) is 0 Å². The smallest absolute Gasteiger partial charge is 0.272 e. The van der Waals surface area contributed by atoms with E-state index in [4.69, 9.17) is 4.74 Å². The molecule has 5 nitrogen and oxygen atoms in total. The van der Waals surface area contributed by atoms with Crippen molar-refractivity contribution in [1.82, 2.24) is 10.2 Å². The van der Waals surface area contributed by atoms with Gasteiger partial charge in [0.1, 0.15) is 5.70 Å². The van der Waals surface area contributed by atoms with Gasteiger partial charge < -0.3 is 15.0 Å². The summed E-state index contributed by atoms with van der Waals surface area (Å²) in [6, 6.07) is 0. The maximum Gasteiger partial charge on any atom is 0.272 e. The molecule has 0 bridgehead atoms. The normalized spacial score (nSPS) is 26.2. The number of nitrogens with one attached hydrogen (secondary N) is 1. The van der Waals surface area contributed by atoms with Gasteiger partial charge in [0.05, 0.1) is 18.9 Å². The van der Waals surface area contributed by atoms with Gasteiger partial charge in [0, 0.05) is 30.2 Å². The average molecular weight is 262 g/mol. The Labute approximate surface area is 112 Å². The molecule has 3 rings (SSSR count). The van der Waals surface area contributed by atoms with Crippen molar-refractivity contribution in [3.63, 3.8) is 0 Å². The van der Waals surface area contributed by atoms with Crippen LogP contribution >= 0.6 is 0 Å². The number of hydrogen-bond acceptors (Lipinski definition) is 4. The molecular formula is C14H18N2O3. The molecule has 1 aliphatic carbocycles. The van der Waals surface area contributed by atoms with Gasteiger partial charge >= 0.3 is 0 Å². The van der Waals surface area contributed by atoms with E-state index < -0.39 is 5.41 Å². The van der Waals surface area contributed by atoms with Crippen molar-refractivity contribution >= 4 is 11.7 Å². The highest BCUT2D eigenvalue weighted by molar-refractivity contribution is 6.05. The van der Waals surface area contributed by atoms with Gasteiger partial charge in [-0.1, -0.05) is 13.8 Å². The molecule has 1 amide bonds. The summed E-state index contributed by atoms with van der Waals surface area (Å²) in [7, 11) is 0. The van der Waals surface area contributed by atoms with Crippen molar-refractivity contribution in [2.75, 3.05) is 26.3 Å². The Morgan fingerprint density at radius 1 is 1.26 bits per heavy atom. The molecule has 2 aliphatic heterocycles. The number of ketones is 1. The van der Waals surface area contributed by atoms with Gasteiger partial charge in [0.25, 0.3) is 5.91 Å². The molecule has 102 valence electrons. The summed E-state index contributed by atoms with van der Waals surface area (Å²) in [6.45, 7) is 6.60. The van der Waals surface area contributed by atoms with Crippen LogP contribution in [0.1, 0.15) is 20.3 Å². The molecule has 0 aromatic rings. The number of fused-ring (bicyclic) bond motifs is 1. The van der Waals surface area contributed by atoms with Crippen molar-refractivity contribution in [2.24, 2.45) is 5.41 Å². The van der Waals surface area contributed by atoms with Crippen LogP contribution in [0.4, 0.5) is 0 Å². The lowest BCUT2D eigenvalue weighted by molar-refractivity contribution is -0.122. The summed E-state index contributed by atoms with van der Waals surface area (Å²) in [6.07, 6.45) is 2.19. The van der Waals surface area contributed by atoms with Crippen molar-refractivity contribution < 1.29 is 14.3 Å². The number of carbonyl (C=O) groups excluding carboxylic acids is 2. The zero-order valence-electron chi connectivity index (χ0n) is 11.3. The van der Waals surface area contributed by atoms with E-state index >= 15 is 0 Å². The van der Waals surface area contributed by atoms with Crippen LogP contribution in [0.15, 0.2) is 23.0 Å². The third-order valence-electron chi connectivity index (χ3n) is 3.96. The summed E-state index contributed by atoms with van der Waals surface area (Å²) < 4.78 is 5.32. The van der Waals surface area contributed by atoms with Crippen LogP contribution in [-0.2, 0) is 14.3 Å². The molecule has 5 heteroatoms. The summed E-state index contributed by atoms with van der Waals surface area (Å²) >= 11 is 0. The molecule has 1 fully saturated rings. The molecule has 0 spiro atoms. The maximum atomic E-state index is 12.2. The zero-order valence-corrected chi connectivity index (χ0v) is 11.3. The van der Waals surface area contributed by atoms with E-state index in [0.717, 1.165) is 24.4 Å². The first-order chi connectivity index (χ1) is 8.99. The van der Waals surface area contributed by atoms with E-state index in [-0.39, 0.29) is 11.7 Å². The third kappa shape index (κ3) is 1.98. The van der Waals surface area contributed by atoms with Gasteiger partial charge in [-0.2, -0.15) is 0 Å². The summed E-state index contributed by atoms with van der Waals surface area (Å²) in [4.78, 5) is 26.2. The Hall–Kier alpha value is -1.62. The molecule has 0 aromatic heterocycles. The zero-order chi connectivity index (χ0) is 13.6. The van der Waals surface area contributed by atoms with Crippen LogP contribution in [0.25, 0.3) is 0 Å². The second-order valence-corrected chi connectivity index (χ2v) is 5.86. The molecule has 3 aliphatic rings. The molecule has 2 heterocycles. The highest BCUT2D eigenvalue weighted by Gasteiger charge is 2.40. The molecule has 19 heavy (non-hydrogen) atoms. The van der Waals surface area contributed by atoms with Crippen LogP contribution in [-0.4, -0.2) is 42.9 Å². The molecule has 1 N–H and O–H groups in total. The predicted molar refractivity (Wildman–Crippen MR) is 69.0 cm³/mol. The molecule has 0 radical (unpaired) electrons. The fraction of sp³-hybridized carbons (Fsp3) is 0.571. The van der Waals surface area contributed by atoms with Crippen LogP contribution in [0, 0.1) is 5.41 Å². The Balaban J connectivity index is 2.01. The molecular weight excluding hydrogens is 244 g/mol. The summed E-state index contributed by atoms with van der Waals surface area (Å²) in [5, 5.41) is 2.82. The van der Waals surface area contributed by atoms with Crippen LogP contribution in [0.3, 0.4) is 0 Å². The van der Waals surface area contributed by atoms with Crippen LogP contribution in [0.5, 0.6) is 0 Å². The number of morpholine rings is 1. The minimum atomic E-state index is -0.428. The second kappa shape index (κ2) is 4.20. The average Bonchev–Trinajstić information content (AvgIpc) is 2.66.